The Hall–Kier alpha value is -1.50. The summed E-state index contributed by atoms with van der Waals surface area (Å²) in [7, 11) is 3.87. The zero-order chi connectivity index (χ0) is 18.4. The summed E-state index contributed by atoms with van der Waals surface area (Å²) in [5.41, 5.74) is 0.918. The molecule has 0 saturated carbocycles. The minimum absolute atomic E-state index is 0.0523. The summed E-state index contributed by atoms with van der Waals surface area (Å²) in [6, 6.07) is 5.89. The van der Waals surface area contributed by atoms with Gasteiger partial charge in [-0.2, -0.15) is 0 Å². The number of ether oxygens (including phenoxy) is 2. The van der Waals surface area contributed by atoms with E-state index in [1.807, 2.05) is 42.1 Å². The first-order valence-electron chi connectivity index (χ1n) is 9.63. The highest BCUT2D eigenvalue weighted by atomic mass is 16.5. The highest BCUT2D eigenvalue weighted by Gasteiger charge is 2.46. The van der Waals surface area contributed by atoms with Gasteiger partial charge in [0.1, 0.15) is 0 Å². The van der Waals surface area contributed by atoms with Gasteiger partial charge in [0.05, 0.1) is 24.4 Å². The first-order chi connectivity index (χ1) is 12.6. The van der Waals surface area contributed by atoms with Gasteiger partial charge in [0.25, 0.3) is 0 Å². The molecule has 2 aliphatic heterocycles. The summed E-state index contributed by atoms with van der Waals surface area (Å²) in [6.07, 6.45) is 5.79. The fraction of sp³-hybridized carbons (Fsp3) is 0.700. The average molecular weight is 361 g/mol. The molecule has 0 radical (unpaired) electrons. The first-order valence-corrected chi connectivity index (χ1v) is 9.63. The third-order valence-electron chi connectivity index (χ3n) is 5.60. The molecule has 1 atom stereocenters. The van der Waals surface area contributed by atoms with Crippen molar-refractivity contribution in [2.24, 2.45) is 5.92 Å². The van der Waals surface area contributed by atoms with E-state index in [-0.39, 0.29) is 11.5 Å². The van der Waals surface area contributed by atoms with Crippen LogP contribution in [0.2, 0.25) is 0 Å². The number of aromatic nitrogens is 1. The second-order valence-corrected chi connectivity index (χ2v) is 7.68. The minimum Gasteiger partial charge on any atom is -0.375 e. The van der Waals surface area contributed by atoms with E-state index in [0.29, 0.717) is 19.1 Å². The summed E-state index contributed by atoms with van der Waals surface area (Å²) >= 11 is 0. The molecule has 1 unspecified atom stereocenters. The Kier molecular flexibility index (Phi) is 6.62. The molecule has 1 amide bonds. The molecule has 0 aliphatic carbocycles. The fourth-order valence-electron chi connectivity index (χ4n) is 4.14. The number of amides is 1. The van der Waals surface area contributed by atoms with Crippen molar-refractivity contribution < 1.29 is 14.3 Å². The molecule has 2 saturated heterocycles. The van der Waals surface area contributed by atoms with E-state index >= 15 is 0 Å². The summed E-state index contributed by atoms with van der Waals surface area (Å²) in [6.45, 7) is 4.22. The normalized spacial score (nSPS) is 22.3. The van der Waals surface area contributed by atoms with Crippen LogP contribution in [0.3, 0.4) is 0 Å². The largest absolute Gasteiger partial charge is 0.375 e. The van der Waals surface area contributed by atoms with Gasteiger partial charge in [-0.1, -0.05) is 6.07 Å². The van der Waals surface area contributed by atoms with Crippen LogP contribution in [-0.4, -0.2) is 73.2 Å². The van der Waals surface area contributed by atoms with Crippen LogP contribution >= 0.6 is 0 Å². The number of nitrogens with zero attached hydrogens (tertiary/aromatic N) is 3. The molecule has 3 rings (SSSR count). The van der Waals surface area contributed by atoms with E-state index in [9.17, 15) is 4.79 Å². The Balaban J connectivity index is 1.44. The molecule has 3 heterocycles. The number of likely N-dealkylation sites (N-methyl/N-ethyl adjacent to an activating group) is 1. The minimum atomic E-state index is -0.0523. The number of piperidine rings is 1. The van der Waals surface area contributed by atoms with Crippen molar-refractivity contribution in [3.05, 3.63) is 30.1 Å². The van der Waals surface area contributed by atoms with Crippen molar-refractivity contribution in [1.29, 1.82) is 0 Å². The lowest BCUT2D eigenvalue weighted by Crippen LogP contribution is -2.51. The van der Waals surface area contributed by atoms with E-state index in [4.69, 9.17) is 9.47 Å². The van der Waals surface area contributed by atoms with Crippen LogP contribution in [0.5, 0.6) is 0 Å². The molecule has 0 bridgehead atoms. The lowest BCUT2D eigenvalue weighted by molar-refractivity contribution is -0.138. The summed E-state index contributed by atoms with van der Waals surface area (Å²) < 4.78 is 12.0. The molecular formula is C20H31N3O3. The average Bonchev–Trinajstić information content (AvgIpc) is 3.01. The van der Waals surface area contributed by atoms with E-state index in [2.05, 4.69) is 4.98 Å². The van der Waals surface area contributed by atoms with Gasteiger partial charge >= 0.3 is 0 Å². The fourth-order valence-corrected chi connectivity index (χ4v) is 4.14. The number of carbonyl (C=O) groups is 1. The SMILES string of the molecule is CN(C)CC(=O)N1CCC2(CC1)OCCC2CCOCc1ccccn1. The number of hydrogen-bond donors (Lipinski definition) is 0. The van der Waals surface area contributed by atoms with E-state index in [1.54, 1.807) is 6.20 Å². The van der Waals surface area contributed by atoms with Gasteiger partial charge in [0.2, 0.25) is 5.91 Å². The summed E-state index contributed by atoms with van der Waals surface area (Å²) in [5.74, 6) is 0.746. The van der Waals surface area contributed by atoms with Crippen LogP contribution < -0.4 is 0 Å². The summed E-state index contributed by atoms with van der Waals surface area (Å²) in [4.78, 5) is 20.5. The van der Waals surface area contributed by atoms with Gasteiger partial charge in [-0.3, -0.25) is 9.78 Å². The van der Waals surface area contributed by atoms with Crippen molar-refractivity contribution >= 4 is 5.91 Å². The topological polar surface area (TPSA) is 54.9 Å². The highest BCUT2D eigenvalue weighted by molar-refractivity contribution is 5.78. The maximum absolute atomic E-state index is 12.3. The van der Waals surface area contributed by atoms with Crippen LogP contribution in [-0.2, 0) is 20.9 Å². The number of pyridine rings is 1. The second-order valence-electron chi connectivity index (χ2n) is 7.68. The second kappa shape index (κ2) is 8.93. The quantitative estimate of drug-likeness (QED) is 0.695. The smallest absolute Gasteiger partial charge is 0.236 e. The van der Waals surface area contributed by atoms with Crippen LogP contribution in [0.1, 0.15) is 31.4 Å². The Morgan fingerprint density at radius 2 is 2.19 bits per heavy atom. The van der Waals surface area contributed by atoms with Crippen molar-refractivity contribution in [3.63, 3.8) is 0 Å². The Morgan fingerprint density at radius 1 is 1.38 bits per heavy atom. The Labute approximate surface area is 156 Å². The van der Waals surface area contributed by atoms with Crippen molar-refractivity contribution in [3.8, 4) is 0 Å². The Morgan fingerprint density at radius 3 is 2.88 bits per heavy atom. The molecule has 1 spiro atoms. The van der Waals surface area contributed by atoms with Crippen molar-refractivity contribution in [1.82, 2.24) is 14.8 Å². The predicted molar refractivity (Wildman–Crippen MR) is 99.7 cm³/mol. The number of rotatable bonds is 7. The van der Waals surface area contributed by atoms with E-state index in [1.165, 1.54) is 0 Å². The van der Waals surface area contributed by atoms with Gasteiger partial charge < -0.3 is 19.3 Å². The van der Waals surface area contributed by atoms with E-state index in [0.717, 1.165) is 57.7 Å². The molecule has 2 aliphatic rings. The zero-order valence-electron chi connectivity index (χ0n) is 16.0. The van der Waals surface area contributed by atoms with Gasteiger partial charge in [-0.15, -0.1) is 0 Å². The molecule has 0 aromatic carbocycles. The molecule has 2 fully saturated rings. The first kappa shape index (κ1) is 19.3. The maximum atomic E-state index is 12.3. The molecular weight excluding hydrogens is 330 g/mol. The lowest BCUT2D eigenvalue weighted by atomic mass is 9.78. The van der Waals surface area contributed by atoms with Crippen LogP contribution in [0.15, 0.2) is 24.4 Å². The van der Waals surface area contributed by atoms with Gasteiger partial charge in [-0.25, -0.2) is 0 Å². The number of carbonyl (C=O) groups excluding carboxylic acids is 1. The van der Waals surface area contributed by atoms with Crippen molar-refractivity contribution in [2.45, 2.75) is 37.9 Å². The standard InChI is InChI=1S/C20H31N3O3/c1-22(2)15-19(24)23-11-8-20(9-12-23)17(7-14-26-20)6-13-25-16-18-5-3-4-10-21-18/h3-5,10,17H,6-9,11-16H2,1-2H3. The zero-order valence-corrected chi connectivity index (χ0v) is 16.0. The van der Waals surface area contributed by atoms with Gasteiger partial charge in [0, 0.05) is 32.5 Å². The lowest BCUT2D eigenvalue weighted by Gasteiger charge is -2.42. The third-order valence-corrected chi connectivity index (χ3v) is 5.60. The monoisotopic (exact) mass is 361 g/mol. The molecule has 26 heavy (non-hydrogen) atoms. The van der Waals surface area contributed by atoms with Crippen LogP contribution in [0.4, 0.5) is 0 Å². The van der Waals surface area contributed by atoms with Crippen LogP contribution in [0, 0.1) is 5.92 Å². The number of hydrogen-bond acceptors (Lipinski definition) is 5. The molecule has 6 nitrogen and oxygen atoms in total. The molecule has 1 aromatic heterocycles. The Bertz CT molecular complexity index is 571. The van der Waals surface area contributed by atoms with Gasteiger partial charge in [-0.05, 0) is 57.8 Å². The highest BCUT2D eigenvalue weighted by Crippen LogP contribution is 2.42. The molecule has 144 valence electrons. The molecule has 6 heteroatoms. The van der Waals surface area contributed by atoms with Crippen molar-refractivity contribution in [2.75, 3.05) is 46.9 Å². The molecule has 1 aromatic rings. The summed E-state index contributed by atoms with van der Waals surface area (Å²) in [5, 5.41) is 0. The number of likely N-dealkylation sites (tertiary alicyclic amines) is 1. The predicted octanol–water partition coefficient (Wildman–Crippen LogP) is 1.95. The van der Waals surface area contributed by atoms with Crippen LogP contribution in [0.25, 0.3) is 0 Å². The third kappa shape index (κ3) is 4.81. The van der Waals surface area contributed by atoms with E-state index < -0.39 is 0 Å². The maximum Gasteiger partial charge on any atom is 0.236 e. The van der Waals surface area contributed by atoms with Gasteiger partial charge in [0.15, 0.2) is 0 Å². The molecule has 0 N–H and O–H groups in total.